The monoisotopic (exact) mass is 328 g/mol. The number of phenols is 1. The first kappa shape index (κ1) is 18.7. The van der Waals surface area contributed by atoms with E-state index < -0.39 is 0 Å². The van der Waals surface area contributed by atoms with Crippen molar-refractivity contribution in [1.29, 1.82) is 5.41 Å². The van der Waals surface area contributed by atoms with Gasteiger partial charge in [0.05, 0.1) is 6.04 Å². The van der Waals surface area contributed by atoms with E-state index in [4.69, 9.17) is 5.41 Å². The van der Waals surface area contributed by atoms with Crippen LogP contribution in [0.15, 0.2) is 17.1 Å². The van der Waals surface area contributed by atoms with Crippen molar-refractivity contribution in [3.63, 3.8) is 0 Å². The first-order valence-corrected chi connectivity index (χ1v) is 8.98. The van der Waals surface area contributed by atoms with Crippen LogP contribution in [0.25, 0.3) is 0 Å². The Morgan fingerprint density at radius 3 is 2.29 bits per heavy atom. The van der Waals surface area contributed by atoms with Crippen molar-refractivity contribution in [3.05, 3.63) is 28.8 Å². The van der Waals surface area contributed by atoms with Gasteiger partial charge in [-0.05, 0) is 41.7 Å². The van der Waals surface area contributed by atoms with Gasteiger partial charge < -0.3 is 10.5 Å². The van der Waals surface area contributed by atoms with E-state index in [1.807, 2.05) is 6.07 Å². The number of hydrogen-bond donors (Lipinski definition) is 2. The van der Waals surface area contributed by atoms with Crippen LogP contribution in [0.3, 0.4) is 0 Å². The minimum absolute atomic E-state index is 0.00777. The molecule has 0 spiro atoms. The van der Waals surface area contributed by atoms with E-state index in [9.17, 15) is 5.11 Å². The lowest BCUT2D eigenvalue weighted by Gasteiger charge is -2.27. The molecule has 0 heterocycles. The maximum Gasteiger partial charge on any atom is 0.128 e. The number of nitrogens with one attached hydrogen (secondary N) is 1. The van der Waals surface area contributed by atoms with Crippen LogP contribution in [0.4, 0.5) is 0 Å². The molecule has 0 aliphatic heterocycles. The van der Waals surface area contributed by atoms with E-state index >= 15 is 0 Å². The van der Waals surface area contributed by atoms with E-state index in [1.54, 1.807) is 6.21 Å². The van der Waals surface area contributed by atoms with Crippen LogP contribution in [-0.2, 0) is 10.8 Å². The molecule has 0 aromatic heterocycles. The fourth-order valence-corrected chi connectivity index (χ4v) is 3.09. The average molecular weight is 329 g/mol. The molecule has 3 nitrogen and oxygen atoms in total. The van der Waals surface area contributed by atoms with Crippen LogP contribution in [0, 0.1) is 5.41 Å². The highest BCUT2D eigenvalue weighted by molar-refractivity contribution is 5.91. The fourth-order valence-electron chi connectivity index (χ4n) is 3.09. The molecule has 0 saturated heterocycles. The topological polar surface area (TPSA) is 56.4 Å². The first-order valence-electron chi connectivity index (χ1n) is 8.98. The number of benzene rings is 1. The molecular weight excluding hydrogens is 296 g/mol. The Balaban J connectivity index is 2.46. The van der Waals surface area contributed by atoms with Gasteiger partial charge in [0.25, 0.3) is 0 Å². The molecule has 1 aromatic carbocycles. The predicted molar refractivity (Wildman–Crippen MR) is 103 cm³/mol. The third kappa shape index (κ3) is 4.25. The molecule has 1 aliphatic rings. The Morgan fingerprint density at radius 2 is 1.75 bits per heavy atom. The van der Waals surface area contributed by atoms with Gasteiger partial charge in [0, 0.05) is 23.1 Å². The average Bonchev–Trinajstić information content (AvgIpc) is 2.45. The summed E-state index contributed by atoms with van der Waals surface area (Å²) in [4.78, 5) is 4.63. The molecule has 2 rings (SSSR count). The van der Waals surface area contributed by atoms with Gasteiger partial charge in [-0.15, -0.1) is 0 Å². The van der Waals surface area contributed by atoms with Gasteiger partial charge in [-0.2, -0.15) is 0 Å². The highest BCUT2D eigenvalue weighted by Gasteiger charge is 2.25. The standard InChI is InChI=1S/C21H32N2O/c1-20(2,3)15-11-14(19(24)16(12-15)21(4,5)6)13-23-18-10-8-7-9-17(18)22/h11-13,18,22,24H,7-10H2,1-6H3/t18-/m0/s1. The summed E-state index contributed by atoms with van der Waals surface area (Å²) in [6.07, 6.45) is 5.81. The zero-order chi connectivity index (χ0) is 18.1. The quantitative estimate of drug-likeness (QED) is 0.705. The number of aliphatic imine (C=N–C) groups is 1. The summed E-state index contributed by atoms with van der Waals surface area (Å²) in [6, 6.07) is 4.14. The van der Waals surface area contributed by atoms with Gasteiger partial charge in [0.15, 0.2) is 0 Å². The predicted octanol–water partition coefficient (Wildman–Crippen LogP) is 5.37. The van der Waals surface area contributed by atoms with E-state index in [0.29, 0.717) is 5.75 Å². The van der Waals surface area contributed by atoms with Gasteiger partial charge >= 0.3 is 0 Å². The van der Waals surface area contributed by atoms with Crippen molar-refractivity contribution >= 4 is 11.9 Å². The summed E-state index contributed by atoms with van der Waals surface area (Å²) in [7, 11) is 0. The molecule has 0 bridgehead atoms. The summed E-state index contributed by atoms with van der Waals surface area (Å²) >= 11 is 0. The van der Waals surface area contributed by atoms with Crippen LogP contribution in [-0.4, -0.2) is 23.1 Å². The Morgan fingerprint density at radius 1 is 1.08 bits per heavy atom. The maximum atomic E-state index is 10.8. The molecule has 132 valence electrons. The van der Waals surface area contributed by atoms with Gasteiger partial charge in [-0.1, -0.05) is 54.0 Å². The largest absolute Gasteiger partial charge is 0.507 e. The zero-order valence-electron chi connectivity index (χ0n) is 16.0. The third-order valence-corrected chi connectivity index (χ3v) is 4.78. The van der Waals surface area contributed by atoms with E-state index in [2.05, 4.69) is 52.6 Å². The number of aromatic hydroxyl groups is 1. The van der Waals surface area contributed by atoms with Crippen LogP contribution in [0.2, 0.25) is 0 Å². The lowest BCUT2D eigenvalue weighted by molar-refractivity contribution is 0.444. The van der Waals surface area contributed by atoms with Gasteiger partial charge in [-0.25, -0.2) is 0 Å². The number of hydrogen-bond acceptors (Lipinski definition) is 3. The van der Waals surface area contributed by atoms with Crippen LogP contribution >= 0.6 is 0 Å². The second-order valence-electron chi connectivity index (χ2n) is 9.03. The Bertz CT molecular complexity index is 645. The number of rotatable bonds is 2. The van der Waals surface area contributed by atoms with E-state index in [0.717, 1.165) is 42.5 Å². The van der Waals surface area contributed by atoms with E-state index in [1.165, 1.54) is 5.56 Å². The number of phenolic OH excluding ortho intramolecular Hbond substituents is 1. The van der Waals surface area contributed by atoms with Crippen molar-refractivity contribution in [1.82, 2.24) is 0 Å². The van der Waals surface area contributed by atoms with Crippen LogP contribution in [0.5, 0.6) is 5.75 Å². The van der Waals surface area contributed by atoms with Crippen LogP contribution < -0.4 is 0 Å². The van der Waals surface area contributed by atoms with Crippen molar-refractivity contribution in [2.75, 3.05) is 0 Å². The molecule has 1 saturated carbocycles. The van der Waals surface area contributed by atoms with Crippen molar-refractivity contribution < 1.29 is 5.11 Å². The maximum absolute atomic E-state index is 10.8. The highest BCUT2D eigenvalue weighted by atomic mass is 16.3. The minimum Gasteiger partial charge on any atom is -0.507 e. The Kier molecular flexibility index (Phi) is 5.22. The van der Waals surface area contributed by atoms with Gasteiger partial charge in [0.2, 0.25) is 0 Å². The summed E-state index contributed by atoms with van der Waals surface area (Å²) < 4.78 is 0. The molecule has 24 heavy (non-hydrogen) atoms. The second-order valence-corrected chi connectivity index (χ2v) is 9.03. The minimum atomic E-state index is -0.133. The molecule has 0 unspecified atom stereocenters. The van der Waals surface area contributed by atoms with Crippen LogP contribution in [0.1, 0.15) is 83.9 Å². The van der Waals surface area contributed by atoms with Gasteiger partial charge in [-0.3, -0.25) is 4.99 Å². The summed E-state index contributed by atoms with van der Waals surface area (Å²) in [5.41, 5.74) is 3.52. The Hall–Kier alpha value is -1.64. The molecule has 0 radical (unpaired) electrons. The number of nitrogens with zero attached hydrogens (tertiary/aromatic N) is 1. The lowest BCUT2D eigenvalue weighted by atomic mass is 9.79. The summed E-state index contributed by atoms with van der Waals surface area (Å²) in [6.45, 7) is 12.9. The molecule has 1 fully saturated rings. The summed E-state index contributed by atoms with van der Waals surface area (Å²) in [5, 5.41) is 18.8. The molecule has 1 aromatic rings. The van der Waals surface area contributed by atoms with Crippen molar-refractivity contribution in [3.8, 4) is 5.75 Å². The first-order chi connectivity index (χ1) is 11.0. The molecule has 1 atom stereocenters. The smallest absolute Gasteiger partial charge is 0.128 e. The second kappa shape index (κ2) is 6.70. The lowest BCUT2D eigenvalue weighted by Crippen LogP contribution is -2.22. The Labute approximate surface area is 146 Å². The molecule has 0 amide bonds. The highest BCUT2D eigenvalue weighted by Crippen LogP contribution is 2.37. The van der Waals surface area contributed by atoms with Crippen molar-refractivity contribution in [2.24, 2.45) is 4.99 Å². The molecular formula is C21H32N2O. The van der Waals surface area contributed by atoms with Crippen molar-refractivity contribution in [2.45, 2.75) is 84.1 Å². The summed E-state index contributed by atoms with van der Waals surface area (Å²) in [5.74, 6) is 0.321. The fraction of sp³-hybridized carbons (Fsp3) is 0.619. The zero-order valence-corrected chi connectivity index (χ0v) is 16.0. The SMILES string of the molecule is CC(C)(C)c1cc(C=N[C@H]2CCCCC2=N)c(O)c(C(C)(C)C)c1. The molecule has 1 aliphatic carbocycles. The molecule has 3 heteroatoms. The van der Waals surface area contributed by atoms with Gasteiger partial charge in [0.1, 0.15) is 5.75 Å². The van der Waals surface area contributed by atoms with E-state index in [-0.39, 0.29) is 16.9 Å². The molecule has 2 N–H and O–H groups in total. The third-order valence-electron chi connectivity index (χ3n) is 4.78. The normalized spacial score (nSPS) is 19.9.